The molecule has 0 aliphatic heterocycles. The number of ketones is 1. The van der Waals surface area contributed by atoms with Crippen molar-refractivity contribution >= 4 is 5.78 Å². The number of hydrogen-bond acceptors (Lipinski definition) is 2. The molecule has 2 heteroatoms. The van der Waals surface area contributed by atoms with E-state index in [1.807, 2.05) is 7.05 Å². The first-order valence-electron chi connectivity index (χ1n) is 5.70. The van der Waals surface area contributed by atoms with E-state index in [1.54, 1.807) is 6.92 Å². The van der Waals surface area contributed by atoms with Crippen molar-refractivity contribution in [2.75, 3.05) is 7.05 Å². The SMILES string of the molecule is CNC(CC(C)=O)c1cc(C)c(C)cc1C. The van der Waals surface area contributed by atoms with E-state index in [2.05, 4.69) is 38.2 Å². The molecule has 1 rings (SSSR count). The fourth-order valence-electron chi connectivity index (χ4n) is 2.01. The summed E-state index contributed by atoms with van der Waals surface area (Å²) in [4.78, 5) is 11.2. The summed E-state index contributed by atoms with van der Waals surface area (Å²) in [6.07, 6.45) is 0.555. The van der Waals surface area contributed by atoms with Crippen molar-refractivity contribution in [3.63, 3.8) is 0 Å². The molecule has 16 heavy (non-hydrogen) atoms. The van der Waals surface area contributed by atoms with Crippen LogP contribution in [-0.4, -0.2) is 12.8 Å². The van der Waals surface area contributed by atoms with Gasteiger partial charge in [-0.2, -0.15) is 0 Å². The van der Waals surface area contributed by atoms with Crippen molar-refractivity contribution in [3.8, 4) is 0 Å². The first-order chi connectivity index (χ1) is 7.45. The Hall–Kier alpha value is -1.15. The van der Waals surface area contributed by atoms with Gasteiger partial charge in [0, 0.05) is 12.5 Å². The smallest absolute Gasteiger partial charge is 0.131 e. The van der Waals surface area contributed by atoms with Gasteiger partial charge in [0.05, 0.1) is 0 Å². The molecule has 0 saturated carbocycles. The molecular formula is C14H21NO. The van der Waals surface area contributed by atoms with Crippen molar-refractivity contribution in [1.29, 1.82) is 0 Å². The van der Waals surface area contributed by atoms with E-state index < -0.39 is 0 Å². The fourth-order valence-corrected chi connectivity index (χ4v) is 2.01. The van der Waals surface area contributed by atoms with Crippen LogP contribution in [0.5, 0.6) is 0 Å². The third-order valence-corrected chi connectivity index (χ3v) is 3.10. The average Bonchev–Trinajstić information content (AvgIpc) is 2.20. The lowest BCUT2D eigenvalue weighted by Crippen LogP contribution is -2.20. The molecule has 88 valence electrons. The van der Waals surface area contributed by atoms with Crippen LogP contribution < -0.4 is 5.32 Å². The van der Waals surface area contributed by atoms with Crippen LogP contribution >= 0.6 is 0 Å². The Balaban J connectivity index is 3.09. The minimum Gasteiger partial charge on any atom is -0.313 e. The van der Waals surface area contributed by atoms with Gasteiger partial charge in [-0.25, -0.2) is 0 Å². The predicted octanol–water partition coefficient (Wildman–Crippen LogP) is 2.85. The Morgan fingerprint density at radius 3 is 2.25 bits per heavy atom. The lowest BCUT2D eigenvalue weighted by molar-refractivity contribution is -0.117. The predicted molar refractivity (Wildman–Crippen MR) is 67.8 cm³/mol. The maximum Gasteiger partial charge on any atom is 0.131 e. The maximum absolute atomic E-state index is 11.2. The molecule has 0 fully saturated rings. The molecule has 0 saturated heterocycles. The topological polar surface area (TPSA) is 29.1 Å². The van der Waals surface area contributed by atoms with Gasteiger partial charge >= 0.3 is 0 Å². The zero-order valence-electron chi connectivity index (χ0n) is 10.8. The minimum absolute atomic E-state index is 0.136. The third-order valence-electron chi connectivity index (χ3n) is 3.10. The summed E-state index contributed by atoms with van der Waals surface area (Å²) < 4.78 is 0. The number of carbonyl (C=O) groups excluding carboxylic acids is 1. The van der Waals surface area contributed by atoms with Gasteiger partial charge in [0.25, 0.3) is 0 Å². The van der Waals surface area contributed by atoms with E-state index in [-0.39, 0.29) is 11.8 Å². The molecule has 1 unspecified atom stereocenters. The van der Waals surface area contributed by atoms with Crippen molar-refractivity contribution in [2.24, 2.45) is 0 Å². The molecule has 0 aromatic heterocycles. The summed E-state index contributed by atoms with van der Waals surface area (Å²) in [5.41, 5.74) is 5.08. The van der Waals surface area contributed by atoms with Crippen LogP contribution in [0, 0.1) is 20.8 Å². The normalized spacial score (nSPS) is 12.6. The number of carbonyl (C=O) groups is 1. The minimum atomic E-state index is 0.136. The molecule has 0 bridgehead atoms. The van der Waals surface area contributed by atoms with Gasteiger partial charge in [-0.15, -0.1) is 0 Å². The van der Waals surface area contributed by atoms with Gasteiger partial charge in [-0.05, 0) is 57.0 Å². The lowest BCUT2D eigenvalue weighted by atomic mass is 9.93. The van der Waals surface area contributed by atoms with E-state index in [0.717, 1.165) is 0 Å². The molecule has 1 aromatic rings. The Labute approximate surface area is 98.1 Å². The number of aryl methyl sites for hydroxylation is 3. The number of Topliss-reactive ketones (excluding diaryl/α,β-unsaturated/α-hetero) is 1. The number of rotatable bonds is 4. The molecule has 0 heterocycles. The highest BCUT2D eigenvalue weighted by atomic mass is 16.1. The number of nitrogens with one attached hydrogen (secondary N) is 1. The number of hydrogen-bond donors (Lipinski definition) is 1. The lowest BCUT2D eigenvalue weighted by Gasteiger charge is -2.19. The molecule has 0 amide bonds. The highest BCUT2D eigenvalue weighted by Crippen LogP contribution is 2.24. The zero-order chi connectivity index (χ0) is 12.3. The van der Waals surface area contributed by atoms with E-state index in [1.165, 1.54) is 22.3 Å². The van der Waals surface area contributed by atoms with E-state index in [9.17, 15) is 4.79 Å². The molecule has 1 N–H and O–H groups in total. The van der Waals surface area contributed by atoms with Crippen LogP contribution in [0.25, 0.3) is 0 Å². The molecule has 0 spiro atoms. The molecule has 0 aliphatic rings. The molecular weight excluding hydrogens is 198 g/mol. The Kier molecular flexibility index (Phi) is 4.25. The second kappa shape index (κ2) is 5.26. The number of benzene rings is 1. The summed E-state index contributed by atoms with van der Waals surface area (Å²) in [6.45, 7) is 7.97. The maximum atomic E-state index is 11.2. The van der Waals surface area contributed by atoms with Gasteiger partial charge in [0.1, 0.15) is 5.78 Å². The summed E-state index contributed by atoms with van der Waals surface area (Å²) >= 11 is 0. The van der Waals surface area contributed by atoms with Crippen molar-refractivity contribution in [3.05, 3.63) is 34.4 Å². The monoisotopic (exact) mass is 219 g/mol. The van der Waals surface area contributed by atoms with Crippen molar-refractivity contribution in [1.82, 2.24) is 5.32 Å². The van der Waals surface area contributed by atoms with Gasteiger partial charge in [0.2, 0.25) is 0 Å². The van der Waals surface area contributed by atoms with E-state index in [0.29, 0.717) is 6.42 Å². The fraction of sp³-hybridized carbons (Fsp3) is 0.500. The summed E-state index contributed by atoms with van der Waals surface area (Å²) in [5.74, 6) is 0.219. The van der Waals surface area contributed by atoms with Crippen LogP contribution in [0.1, 0.15) is 41.6 Å². The van der Waals surface area contributed by atoms with Gasteiger partial charge in [0.15, 0.2) is 0 Å². The van der Waals surface area contributed by atoms with E-state index >= 15 is 0 Å². The van der Waals surface area contributed by atoms with Crippen LogP contribution in [-0.2, 0) is 4.79 Å². The van der Waals surface area contributed by atoms with Gasteiger partial charge in [-0.1, -0.05) is 12.1 Å². The third kappa shape index (κ3) is 2.92. The average molecular weight is 219 g/mol. The quantitative estimate of drug-likeness (QED) is 0.843. The Morgan fingerprint density at radius 1 is 1.19 bits per heavy atom. The van der Waals surface area contributed by atoms with Gasteiger partial charge < -0.3 is 5.32 Å². The molecule has 2 nitrogen and oxygen atoms in total. The van der Waals surface area contributed by atoms with Crippen LogP contribution in [0.4, 0.5) is 0 Å². The molecule has 0 radical (unpaired) electrons. The highest BCUT2D eigenvalue weighted by Gasteiger charge is 2.14. The van der Waals surface area contributed by atoms with E-state index in [4.69, 9.17) is 0 Å². The molecule has 0 aliphatic carbocycles. The second-order valence-corrected chi connectivity index (χ2v) is 4.54. The second-order valence-electron chi connectivity index (χ2n) is 4.54. The van der Waals surface area contributed by atoms with Crippen LogP contribution in [0.3, 0.4) is 0 Å². The van der Waals surface area contributed by atoms with Gasteiger partial charge in [-0.3, -0.25) is 4.79 Å². The summed E-state index contributed by atoms with van der Waals surface area (Å²) in [6, 6.07) is 4.51. The largest absolute Gasteiger partial charge is 0.313 e. The van der Waals surface area contributed by atoms with Crippen LogP contribution in [0.2, 0.25) is 0 Å². The Morgan fingerprint density at radius 2 is 1.75 bits per heavy atom. The summed E-state index contributed by atoms with van der Waals surface area (Å²) in [5, 5.41) is 3.22. The standard InChI is InChI=1S/C14H21NO/c1-9-6-11(3)13(7-10(9)2)14(15-5)8-12(4)16/h6-7,14-15H,8H2,1-5H3. The Bertz CT molecular complexity index is 396. The highest BCUT2D eigenvalue weighted by molar-refractivity contribution is 5.76. The van der Waals surface area contributed by atoms with Crippen molar-refractivity contribution in [2.45, 2.75) is 40.2 Å². The zero-order valence-corrected chi connectivity index (χ0v) is 10.8. The van der Waals surface area contributed by atoms with Crippen LogP contribution in [0.15, 0.2) is 12.1 Å². The summed E-state index contributed by atoms with van der Waals surface area (Å²) in [7, 11) is 1.90. The van der Waals surface area contributed by atoms with Crippen molar-refractivity contribution < 1.29 is 4.79 Å². The molecule has 1 atom stereocenters. The molecule has 1 aromatic carbocycles. The first-order valence-corrected chi connectivity index (χ1v) is 5.70. The first kappa shape index (κ1) is 12.9.